The molecule has 146 valence electrons. The summed E-state index contributed by atoms with van der Waals surface area (Å²) in [7, 11) is 1.56. The van der Waals surface area contributed by atoms with Gasteiger partial charge in [-0.25, -0.2) is 4.39 Å². The molecular weight excluding hydrogens is 502 g/mol. The van der Waals surface area contributed by atoms with Crippen molar-refractivity contribution >= 4 is 46.2 Å². The largest absolute Gasteiger partial charge is 0.493 e. The van der Waals surface area contributed by atoms with Gasteiger partial charge in [-0.15, -0.1) is 0 Å². The Morgan fingerprint density at radius 2 is 1.86 bits per heavy atom. The molecule has 0 radical (unpaired) electrons. The third kappa shape index (κ3) is 4.18. The van der Waals surface area contributed by atoms with Gasteiger partial charge in [0.15, 0.2) is 11.5 Å². The van der Waals surface area contributed by atoms with Crippen LogP contribution in [0.4, 0.5) is 4.39 Å². The van der Waals surface area contributed by atoms with Crippen molar-refractivity contribution in [1.29, 1.82) is 0 Å². The van der Waals surface area contributed by atoms with Crippen molar-refractivity contribution in [1.82, 2.24) is 0 Å². The number of Topliss-reactive ketones (excluding diaryl/α,β-unsaturated/α-hetero) is 1. The lowest BCUT2D eigenvalue weighted by molar-refractivity contribution is 0.104. The van der Waals surface area contributed by atoms with Crippen LogP contribution in [0, 0.1) is 9.39 Å². The average molecular weight is 518 g/mol. The second kappa shape index (κ2) is 8.59. The lowest BCUT2D eigenvalue weighted by Crippen LogP contribution is -2.02. The van der Waals surface area contributed by atoms with Gasteiger partial charge in [0.05, 0.1) is 15.6 Å². The molecule has 4 rings (SSSR count). The first-order valence-corrected chi connectivity index (χ1v) is 10.7. The normalized spacial score (nSPS) is 14.2. The number of ketones is 1. The van der Waals surface area contributed by atoms with Gasteiger partial charge < -0.3 is 9.47 Å². The first-order valence-electron chi connectivity index (χ1n) is 8.84. The highest BCUT2D eigenvalue weighted by Crippen LogP contribution is 2.42. The van der Waals surface area contributed by atoms with Crippen LogP contribution in [0.25, 0.3) is 6.08 Å². The third-order valence-corrected chi connectivity index (χ3v) is 6.36. The number of hydrogen-bond donors (Lipinski definition) is 0. The highest BCUT2D eigenvalue weighted by Gasteiger charge is 2.25. The molecule has 6 heteroatoms. The number of carbonyl (C=O) groups is 1. The smallest absolute Gasteiger partial charge is 0.200 e. The van der Waals surface area contributed by atoms with E-state index in [1.807, 2.05) is 42.5 Å². The van der Waals surface area contributed by atoms with E-state index in [1.54, 1.807) is 25.3 Å². The van der Waals surface area contributed by atoms with E-state index in [2.05, 4.69) is 22.6 Å². The van der Waals surface area contributed by atoms with Gasteiger partial charge in [0.25, 0.3) is 0 Å². The molecule has 0 amide bonds. The van der Waals surface area contributed by atoms with Crippen LogP contribution in [0.1, 0.15) is 21.5 Å². The van der Waals surface area contributed by atoms with Gasteiger partial charge in [-0.05, 0) is 64.6 Å². The van der Waals surface area contributed by atoms with Crippen molar-refractivity contribution in [3.05, 3.63) is 91.6 Å². The molecule has 0 unspecified atom stereocenters. The summed E-state index contributed by atoms with van der Waals surface area (Å²) in [4.78, 5) is 14.3. The van der Waals surface area contributed by atoms with E-state index in [1.165, 1.54) is 17.8 Å². The Balaban J connectivity index is 1.60. The van der Waals surface area contributed by atoms with Crippen molar-refractivity contribution in [2.45, 2.75) is 11.5 Å². The predicted molar refractivity (Wildman–Crippen MR) is 121 cm³/mol. The van der Waals surface area contributed by atoms with E-state index in [9.17, 15) is 9.18 Å². The zero-order valence-electron chi connectivity index (χ0n) is 15.4. The van der Waals surface area contributed by atoms with Gasteiger partial charge in [0, 0.05) is 16.0 Å². The fourth-order valence-electron chi connectivity index (χ4n) is 3.02. The maximum atomic E-state index is 13.9. The minimum atomic E-state index is -0.306. The highest BCUT2D eigenvalue weighted by molar-refractivity contribution is 14.1. The summed E-state index contributed by atoms with van der Waals surface area (Å²) in [5.74, 6) is 0.804. The maximum Gasteiger partial charge on any atom is 0.200 e. The number of halogens is 2. The van der Waals surface area contributed by atoms with Gasteiger partial charge in [-0.2, -0.15) is 0 Å². The Morgan fingerprint density at radius 3 is 2.62 bits per heavy atom. The molecule has 0 aliphatic carbocycles. The fourth-order valence-corrected chi connectivity index (χ4v) is 4.85. The first-order chi connectivity index (χ1) is 14.1. The van der Waals surface area contributed by atoms with Crippen molar-refractivity contribution in [2.75, 3.05) is 7.11 Å². The summed E-state index contributed by atoms with van der Waals surface area (Å²) in [6.07, 6.45) is 1.86. The van der Waals surface area contributed by atoms with E-state index in [0.29, 0.717) is 22.0 Å². The van der Waals surface area contributed by atoms with Gasteiger partial charge >= 0.3 is 0 Å². The molecule has 0 saturated carbocycles. The monoisotopic (exact) mass is 518 g/mol. The van der Waals surface area contributed by atoms with Crippen LogP contribution in [0.5, 0.6) is 11.5 Å². The minimum Gasteiger partial charge on any atom is -0.493 e. The second-order valence-electron chi connectivity index (χ2n) is 6.35. The van der Waals surface area contributed by atoms with E-state index >= 15 is 0 Å². The molecular formula is C23H16FIO3S. The van der Waals surface area contributed by atoms with E-state index in [4.69, 9.17) is 9.47 Å². The van der Waals surface area contributed by atoms with Crippen molar-refractivity contribution in [3.63, 3.8) is 0 Å². The number of ether oxygens (including phenoxy) is 2. The molecule has 0 N–H and O–H groups in total. The minimum absolute atomic E-state index is 0.0273. The highest BCUT2D eigenvalue weighted by atomic mass is 127. The average Bonchev–Trinajstić information content (AvgIpc) is 3.03. The lowest BCUT2D eigenvalue weighted by Gasteiger charge is -2.14. The Morgan fingerprint density at radius 1 is 1.10 bits per heavy atom. The predicted octanol–water partition coefficient (Wildman–Crippen LogP) is 6.35. The van der Waals surface area contributed by atoms with Crippen LogP contribution in [0.2, 0.25) is 0 Å². The van der Waals surface area contributed by atoms with Crippen LogP contribution < -0.4 is 9.47 Å². The van der Waals surface area contributed by atoms with Gasteiger partial charge in [-0.1, -0.05) is 42.1 Å². The van der Waals surface area contributed by atoms with Crippen LogP contribution in [-0.4, -0.2) is 12.9 Å². The summed E-state index contributed by atoms with van der Waals surface area (Å²) in [5.41, 5.74) is 2.05. The van der Waals surface area contributed by atoms with Crippen molar-refractivity contribution in [3.8, 4) is 11.5 Å². The molecule has 3 nitrogen and oxygen atoms in total. The lowest BCUT2D eigenvalue weighted by atomic mass is 10.1. The number of fused-ring (bicyclic) bond motifs is 1. The summed E-state index contributed by atoms with van der Waals surface area (Å²) < 4.78 is 26.0. The molecule has 1 aliphatic rings. The third-order valence-electron chi connectivity index (χ3n) is 4.45. The molecule has 1 aliphatic heterocycles. The summed E-state index contributed by atoms with van der Waals surface area (Å²) in [6, 6.07) is 17.8. The Hall–Kier alpha value is -2.32. The van der Waals surface area contributed by atoms with E-state index < -0.39 is 0 Å². The van der Waals surface area contributed by atoms with E-state index in [0.717, 1.165) is 19.6 Å². The second-order valence-corrected chi connectivity index (χ2v) is 8.60. The molecule has 0 atom stereocenters. The van der Waals surface area contributed by atoms with Crippen LogP contribution >= 0.6 is 34.4 Å². The van der Waals surface area contributed by atoms with Crippen molar-refractivity contribution in [2.24, 2.45) is 0 Å². The molecule has 0 aromatic heterocycles. The topological polar surface area (TPSA) is 35.5 Å². The molecule has 0 spiro atoms. The number of rotatable bonds is 5. The number of thioether (sulfide) groups is 1. The molecule has 3 aromatic carbocycles. The van der Waals surface area contributed by atoms with Crippen LogP contribution in [0.15, 0.2) is 70.5 Å². The standard InChI is InChI=1S/C23H16FIO3S/c1-27-19-11-14(12-21-22(26)16-7-3-5-9-20(16)29-21)10-18(25)23(19)28-13-15-6-2-4-8-17(15)24/h2-12H,13H2,1H3/b21-12-. The molecule has 29 heavy (non-hydrogen) atoms. The first kappa shape index (κ1) is 20.0. The van der Waals surface area contributed by atoms with Crippen LogP contribution in [0.3, 0.4) is 0 Å². The fraction of sp³-hybridized carbons (Fsp3) is 0.0870. The Bertz CT molecular complexity index is 1130. The van der Waals surface area contributed by atoms with Crippen molar-refractivity contribution < 1.29 is 18.7 Å². The number of benzene rings is 3. The number of hydrogen-bond acceptors (Lipinski definition) is 4. The zero-order valence-corrected chi connectivity index (χ0v) is 18.4. The van der Waals surface area contributed by atoms with E-state index in [-0.39, 0.29) is 18.2 Å². The van der Waals surface area contributed by atoms with Gasteiger partial charge in [0.2, 0.25) is 5.78 Å². The number of methoxy groups -OCH3 is 1. The summed E-state index contributed by atoms with van der Waals surface area (Å²) in [5, 5.41) is 0. The Kier molecular flexibility index (Phi) is 5.91. The van der Waals surface area contributed by atoms with Gasteiger partial charge in [-0.3, -0.25) is 4.79 Å². The zero-order chi connectivity index (χ0) is 20.4. The molecule has 3 aromatic rings. The summed E-state index contributed by atoms with van der Waals surface area (Å²) in [6.45, 7) is 0.100. The quantitative estimate of drug-likeness (QED) is 0.292. The van der Waals surface area contributed by atoms with Gasteiger partial charge in [0.1, 0.15) is 12.4 Å². The molecule has 0 fully saturated rings. The SMILES string of the molecule is COc1cc(/C=C2\Sc3ccccc3C2=O)cc(I)c1OCc1ccccc1F. The Labute approximate surface area is 186 Å². The summed E-state index contributed by atoms with van der Waals surface area (Å²) >= 11 is 3.63. The number of allylic oxidation sites excluding steroid dienone is 1. The molecule has 1 heterocycles. The number of carbonyl (C=O) groups excluding carboxylic acids is 1. The van der Waals surface area contributed by atoms with Crippen LogP contribution in [-0.2, 0) is 6.61 Å². The molecule has 0 bridgehead atoms. The molecule has 0 saturated heterocycles. The maximum absolute atomic E-state index is 13.9.